The van der Waals surface area contributed by atoms with E-state index >= 15 is 0 Å². The highest BCUT2D eigenvalue weighted by molar-refractivity contribution is 5.69. The Morgan fingerprint density at radius 2 is 2.09 bits per heavy atom. The van der Waals surface area contributed by atoms with Gasteiger partial charge in [0.1, 0.15) is 0 Å². The van der Waals surface area contributed by atoms with Gasteiger partial charge >= 0.3 is 5.97 Å². The molecule has 0 spiro atoms. The summed E-state index contributed by atoms with van der Waals surface area (Å²) in [6, 6.07) is 6.89. The van der Waals surface area contributed by atoms with Crippen molar-refractivity contribution in [3.63, 3.8) is 0 Å². The van der Waals surface area contributed by atoms with Crippen LogP contribution in [0.2, 0.25) is 0 Å². The first-order chi connectivity index (χ1) is 11.0. The molecule has 1 saturated carbocycles. The second-order valence-corrected chi connectivity index (χ2v) is 6.87. The van der Waals surface area contributed by atoms with Crippen molar-refractivity contribution in [1.82, 2.24) is 0 Å². The second-order valence-electron chi connectivity index (χ2n) is 6.87. The smallest absolute Gasteiger partial charge is 0.305 e. The van der Waals surface area contributed by atoms with Crippen molar-refractivity contribution in [3.8, 4) is 0 Å². The molecule has 0 bridgehead atoms. The Morgan fingerprint density at radius 1 is 1.35 bits per heavy atom. The number of ether oxygens (including phenoxy) is 1. The number of nitrogen functional groups attached to an aromatic ring is 1. The normalized spacial score (nSPS) is 14.1. The number of esters is 1. The lowest BCUT2D eigenvalue weighted by atomic mass is 10.0. The number of aryl methyl sites for hydroxylation is 1. The zero-order valence-corrected chi connectivity index (χ0v) is 14.7. The summed E-state index contributed by atoms with van der Waals surface area (Å²) in [4.78, 5) is 13.5. The fourth-order valence-electron chi connectivity index (χ4n) is 2.89. The molecule has 0 aliphatic heterocycles. The third-order valence-electron chi connectivity index (χ3n) is 4.50. The Bertz CT molecular complexity index is 524. The summed E-state index contributed by atoms with van der Waals surface area (Å²) in [7, 11) is 1.43. The van der Waals surface area contributed by atoms with Gasteiger partial charge in [0.05, 0.1) is 18.5 Å². The Morgan fingerprint density at radius 3 is 2.65 bits per heavy atom. The number of unbranched alkanes of at least 4 members (excludes halogenated alkanes) is 1. The maximum Gasteiger partial charge on any atom is 0.305 e. The van der Waals surface area contributed by atoms with E-state index in [0.29, 0.717) is 12.5 Å². The number of hydrogen-bond donors (Lipinski definition) is 1. The van der Waals surface area contributed by atoms with Crippen LogP contribution in [0.15, 0.2) is 18.2 Å². The van der Waals surface area contributed by atoms with E-state index in [0.717, 1.165) is 43.1 Å². The van der Waals surface area contributed by atoms with Crippen LogP contribution in [0.3, 0.4) is 0 Å². The van der Waals surface area contributed by atoms with E-state index in [1.807, 2.05) is 0 Å². The number of carbonyl (C=O) groups is 1. The standard InChI is InChI=1S/C19H30N2O2/c1-14(2)21(13-16-8-9-16)18-11-10-15(12-17(18)20)6-4-5-7-19(22)23-3/h10-12,14,16H,4-9,13,20H2,1-3H3. The average Bonchev–Trinajstić information content (AvgIpc) is 3.33. The average molecular weight is 318 g/mol. The van der Waals surface area contributed by atoms with Crippen molar-refractivity contribution < 1.29 is 9.53 Å². The Kier molecular flexibility index (Phi) is 6.31. The maximum atomic E-state index is 11.1. The highest BCUT2D eigenvalue weighted by atomic mass is 16.5. The van der Waals surface area contributed by atoms with E-state index in [9.17, 15) is 4.79 Å². The van der Waals surface area contributed by atoms with Gasteiger partial charge in [0.15, 0.2) is 0 Å². The fraction of sp³-hybridized carbons (Fsp3) is 0.632. The molecule has 4 heteroatoms. The van der Waals surface area contributed by atoms with Crippen molar-refractivity contribution >= 4 is 17.3 Å². The van der Waals surface area contributed by atoms with Gasteiger partial charge < -0.3 is 15.4 Å². The molecule has 0 atom stereocenters. The number of nitrogens with two attached hydrogens (primary N) is 1. The van der Waals surface area contributed by atoms with Crippen LogP contribution >= 0.6 is 0 Å². The van der Waals surface area contributed by atoms with Crippen LogP contribution in [0.4, 0.5) is 11.4 Å². The Hall–Kier alpha value is -1.71. The summed E-state index contributed by atoms with van der Waals surface area (Å²) >= 11 is 0. The van der Waals surface area contributed by atoms with Gasteiger partial charge in [-0.1, -0.05) is 6.07 Å². The first-order valence-electron chi connectivity index (χ1n) is 8.73. The molecule has 2 N–H and O–H groups in total. The minimum atomic E-state index is -0.132. The molecule has 128 valence electrons. The number of anilines is 2. The minimum Gasteiger partial charge on any atom is -0.469 e. The van der Waals surface area contributed by atoms with Crippen LogP contribution in [0.1, 0.15) is 51.5 Å². The second kappa shape index (κ2) is 8.23. The fourth-order valence-corrected chi connectivity index (χ4v) is 2.89. The zero-order valence-electron chi connectivity index (χ0n) is 14.7. The highest BCUT2D eigenvalue weighted by Crippen LogP contribution is 2.34. The van der Waals surface area contributed by atoms with Gasteiger partial charge in [-0.25, -0.2) is 0 Å². The summed E-state index contributed by atoms with van der Waals surface area (Å²) in [6.45, 7) is 5.56. The molecule has 0 amide bonds. The molecule has 0 radical (unpaired) electrons. The van der Waals surface area contributed by atoms with Crippen LogP contribution in [0.5, 0.6) is 0 Å². The summed E-state index contributed by atoms with van der Waals surface area (Å²) in [6.07, 6.45) is 5.97. The van der Waals surface area contributed by atoms with E-state index in [1.165, 1.54) is 25.5 Å². The van der Waals surface area contributed by atoms with E-state index in [-0.39, 0.29) is 5.97 Å². The zero-order chi connectivity index (χ0) is 16.8. The van der Waals surface area contributed by atoms with Gasteiger partial charge in [0.25, 0.3) is 0 Å². The Labute approximate surface area is 140 Å². The lowest BCUT2D eigenvalue weighted by Crippen LogP contribution is -2.33. The third-order valence-corrected chi connectivity index (χ3v) is 4.50. The summed E-state index contributed by atoms with van der Waals surface area (Å²) < 4.78 is 4.66. The van der Waals surface area contributed by atoms with Crippen LogP contribution in [0.25, 0.3) is 0 Å². The van der Waals surface area contributed by atoms with Crippen molar-refractivity contribution in [2.45, 2.75) is 58.4 Å². The number of carbonyl (C=O) groups excluding carboxylic acids is 1. The van der Waals surface area contributed by atoms with E-state index < -0.39 is 0 Å². The molecule has 2 rings (SSSR count). The lowest BCUT2D eigenvalue weighted by molar-refractivity contribution is -0.140. The summed E-state index contributed by atoms with van der Waals surface area (Å²) in [5.41, 5.74) is 9.58. The predicted octanol–water partition coefficient (Wildman–Crippen LogP) is 3.78. The van der Waals surface area contributed by atoms with Gasteiger partial charge in [-0.15, -0.1) is 0 Å². The van der Waals surface area contributed by atoms with Gasteiger partial charge in [-0.2, -0.15) is 0 Å². The maximum absolute atomic E-state index is 11.1. The van der Waals surface area contributed by atoms with Crippen molar-refractivity contribution in [3.05, 3.63) is 23.8 Å². The van der Waals surface area contributed by atoms with E-state index in [1.54, 1.807) is 0 Å². The number of hydrogen-bond acceptors (Lipinski definition) is 4. The van der Waals surface area contributed by atoms with Gasteiger partial charge in [0.2, 0.25) is 0 Å². The minimum absolute atomic E-state index is 0.132. The third kappa shape index (κ3) is 5.45. The molecule has 0 heterocycles. The van der Waals surface area contributed by atoms with Crippen LogP contribution in [0, 0.1) is 5.92 Å². The molecular weight excluding hydrogens is 288 g/mol. The summed E-state index contributed by atoms with van der Waals surface area (Å²) in [5.74, 6) is 0.710. The molecular formula is C19H30N2O2. The topological polar surface area (TPSA) is 55.6 Å². The SMILES string of the molecule is COC(=O)CCCCc1ccc(N(CC2CC2)C(C)C)c(N)c1. The van der Waals surface area contributed by atoms with Gasteiger partial charge in [0, 0.05) is 19.0 Å². The van der Waals surface area contributed by atoms with Crippen LogP contribution in [-0.2, 0) is 16.0 Å². The first-order valence-corrected chi connectivity index (χ1v) is 8.73. The largest absolute Gasteiger partial charge is 0.469 e. The van der Waals surface area contributed by atoms with Gasteiger partial charge in [-0.3, -0.25) is 4.79 Å². The highest BCUT2D eigenvalue weighted by Gasteiger charge is 2.26. The van der Waals surface area contributed by atoms with Crippen molar-refractivity contribution in [2.24, 2.45) is 5.92 Å². The monoisotopic (exact) mass is 318 g/mol. The van der Waals surface area contributed by atoms with Crippen molar-refractivity contribution in [2.75, 3.05) is 24.3 Å². The molecule has 0 saturated heterocycles. The first kappa shape index (κ1) is 17.6. The van der Waals surface area contributed by atoms with Gasteiger partial charge in [-0.05, 0) is 69.6 Å². The summed E-state index contributed by atoms with van der Waals surface area (Å²) in [5, 5.41) is 0. The van der Waals surface area contributed by atoms with Crippen LogP contribution in [-0.4, -0.2) is 25.7 Å². The molecule has 4 nitrogen and oxygen atoms in total. The molecule has 1 aromatic carbocycles. The quantitative estimate of drug-likeness (QED) is 0.428. The molecule has 0 unspecified atom stereocenters. The Balaban J connectivity index is 1.92. The predicted molar refractivity (Wildman–Crippen MR) is 95.6 cm³/mol. The molecule has 1 aliphatic rings. The molecule has 23 heavy (non-hydrogen) atoms. The lowest BCUT2D eigenvalue weighted by Gasteiger charge is -2.30. The number of nitrogens with zero attached hydrogens (tertiary/aromatic N) is 1. The number of methoxy groups -OCH3 is 1. The number of benzene rings is 1. The van der Waals surface area contributed by atoms with Crippen molar-refractivity contribution in [1.29, 1.82) is 0 Å². The molecule has 1 fully saturated rings. The van der Waals surface area contributed by atoms with Crippen LogP contribution < -0.4 is 10.6 Å². The molecule has 1 aliphatic carbocycles. The van der Waals surface area contributed by atoms with E-state index in [4.69, 9.17) is 5.73 Å². The molecule has 1 aromatic rings. The number of rotatable bonds is 9. The molecule has 0 aromatic heterocycles. The van der Waals surface area contributed by atoms with E-state index in [2.05, 4.69) is 41.7 Å².